The first-order valence-electron chi connectivity index (χ1n) is 6.58. The highest BCUT2D eigenvalue weighted by Crippen LogP contribution is 2.19. The zero-order valence-electron chi connectivity index (χ0n) is 11.4. The maximum atomic E-state index is 12.1. The highest BCUT2D eigenvalue weighted by molar-refractivity contribution is 8.00. The van der Waals surface area contributed by atoms with Crippen LogP contribution in [0.25, 0.3) is 0 Å². The van der Waals surface area contributed by atoms with Crippen LogP contribution in [0.15, 0.2) is 53.7 Å². The van der Waals surface area contributed by atoms with Gasteiger partial charge in [0, 0.05) is 16.7 Å². The standard InChI is InChI=1S/C16H17NO2S/c1-2-8-19-14-9-13(10-17-11-14)16(18)12-20-15-6-4-3-5-7-15/h3-7,9-11H,2,8,12H2,1H3. The lowest BCUT2D eigenvalue weighted by molar-refractivity contribution is 0.102. The number of hydrogen-bond acceptors (Lipinski definition) is 4. The summed E-state index contributed by atoms with van der Waals surface area (Å²) in [5.41, 5.74) is 0.599. The van der Waals surface area contributed by atoms with E-state index in [1.54, 1.807) is 18.5 Å². The molecule has 0 radical (unpaired) electrons. The molecule has 0 bridgehead atoms. The van der Waals surface area contributed by atoms with E-state index in [0.29, 0.717) is 23.7 Å². The van der Waals surface area contributed by atoms with E-state index >= 15 is 0 Å². The topological polar surface area (TPSA) is 39.2 Å². The second-order valence-corrected chi connectivity index (χ2v) is 5.33. The fourth-order valence-electron chi connectivity index (χ4n) is 1.62. The van der Waals surface area contributed by atoms with Gasteiger partial charge >= 0.3 is 0 Å². The monoisotopic (exact) mass is 287 g/mol. The van der Waals surface area contributed by atoms with Crippen LogP contribution in [0.4, 0.5) is 0 Å². The Kier molecular flexibility index (Phi) is 5.62. The smallest absolute Gasteiger partial charge is 0.174 e. The summed E-state index contributed by atoms with van der Waals surface area (Å²) in [5.74, 6) is 1.12. The lowest BCUT2D eigenvalue weighted by Crippen LogP contribution is -2.04. The van der Waals surface area contributed by atoms with E-state index in [9.17, 15) is 4.79 Å². The molecule has 0 saturated heterocycles. The van der Waals surface area contributed by atoms with Gasteiger partial charge in [0.05, 0.1) is 18.6 Å². The third-order valence-corrected chi connectivity index (χ3v) is 3.63. The highest BCUT2D eigenvalue weighted by atomic mass is 32.2. The van der Waals surface area contributed by atoms with E-state index in [1.165, 1.54) is 11.8 Å². The maximum Gasteiger partial charge on any atom is 0.174 e. The average molecular weight is 287 g/mol. The van der Waals surface area contributed by atoms with E-state index < -0.39 is 0 Å². The molecule has 20 heavy (non-hydrogen) atoms. The van der Waals surface area contributed by atoms with E-state index in [0.717, 1.165) is 11.3 Å². The number of ketones is 1. The minimum absolute atomic E-state index is 0.0632. The third kappa shape index (κ3) is 4.38. The maximum absolute atomic E-state index is 12.1. The highest BCUT2D eigenvalue weighted by Gasteiger charge is 2.08. The molecular weight excluding hydrogens is 270 g/mol. The summed E-state index contributed by atoms with van der Waals surface area (Å²) in [4.78, 5) is 17.3. The van der Waals surface area contributed by atoms with Gasteiger partial charge in [0.2, 0.25) is 0 Å². The van der Waals surface area contributed by atoms with Crippen molar-refractivity contribution >= 4 is 17.5 Å². The quantitative estimate of drug-likeness (QED) is 0.573. The number of hydrogen-bond donors (Lipinski definition) is 0. The van der Waals surface area contributed by atoms with Crippen molar-refractivity contribution in [3.8, 4) is 5.75 Å². The third-order valence-electron chi connectivity index (χ3n) is 2.62. The fraction of sp³-hybridized carbons (Fsp3) is 0.250. The average Bonchev–Trinajstić information content (AvgIpc) is 2.52. The van der Waals surface area contributed by atoms with Crippen LogP contribution in [0.1, 0.15) is 23.7 Å². The number of carbonyl (C=O) groups excluding carboxylic acids is 1. The zero-order chi connectivity index (χ0) is 14.2. The van der Waals surface area contributed by atoms with Gasteiger partial charge < -0.3 is 4.74 Å². The SMILES string of the molecule is CCCOc1cncc(C(=O)CSc2ccccc2)c1. The van der Waals surface area contributed by atoms with E-state index in [-0.39, 0.29) is 5.78 Å². The molecule has 1 heterocycles. The zero-order valence-corrected chi connectivity index (χ0v) is 12.2. The number of nitrogens with zero attached hydrogens (tertiary/aromatic N) is 1. The largest absolute Gasteiger partial charge is 0.492 e. The van der Waals surface area contributed by atoms with Crippen LogP contribution in [0.3, 0.4) is 0 Å². The van der Waals surface area contributed by atoms with Gasteiger partial charge in [-0.3, -0.25) is 9.78 Å². The summed E-state index contributed by atoms with van der Waals surface area (Å²) in [7, 11) is 0. The molecule has 0 unspecified atom stereocenters. The van der Waals surface area contributed by atoms with Crippen molar-refractivity contribution in [3.05, 3.63) is 54.4 Å². The van der Waals surface area contributed by atoms with E-state index in [4.69, 9.17) is 4.74 Å². The molecule has 0 aliphatic carbocycles. The van der Waals surface area contributed by atoms with Crippen LogP contribution >= 0.6 is 11.8 Å². The number of pyridine rings is 1. The molecule has 1 aromatic carbocycles. The minimum atomic E-state index is 0.0632. The van der Waals surface area contributed by atoms with Crippen molar-refractivity contribution in [2.75, 3.05) is 12.4 Å². The first-order chi connectivity index (χ1) is 9.79. The molecule has 2 aromatic rings. The van der Waals surface area contributed by atoms with Gasteiger partial charge in [-0.05, 0) is 24.6 Å². The summed E-state index contributed by atoms with van der Waals surface area (Å²) in [6.07, 6.45) is 4.16. The molecule has 0 atom stereocenters. The van der Waals surface area contributed by atoms with Crippen LogP contribution in [-0.2, 0) is 0 Å². The van der Waals surface area contributed by atoms with Gasteiger partial charge in [0.1, 0.15) is 5.75 Å². The van der Waals surface area contributed by atoms with Crippen molar-refractivity contribution < 1.29 is 9.53 Å². The Labute approximate surface area is 123 Å². The summed E-state index contributed by atoms with van der Waals surface area (Å²) in [6.45, 7) is 2.68. The van der Waals surface area contributed by atoms with Crippen LogP contribution in [0.2, 0.25) is 0 Å². The molecule has 0 fully saturated rings. The Balaban J connectivity index is 1.95. The second kappa shape index (κ2) is 7.70. The molecule has 104 valence electrons. The molecule has 3 nitrogen and oxygen atoms in total. The lowest BCUT2D eigenvalue weighted by atomic mass is 10.2. The number of carbonyl (C=O) groups is 1. The number of thioether (sulfide) groups is 1. The summed E-state index contributed by atoms with van der Waals surface area (Å²) in [6, 6.07) is 11.6. The number of aromatic nitrogens is 1. The summed E-state index contributed by atoms with van der Waals surface area (Å²) < 4.78 is 5.49. The predicted octanol–water partition coefficient (Wildman–Crippen LogP) is 3.85. The van der Waals surface area contributed by atoms with Crippen LogP contribution < -0.4 is 4.74 Å². The fourth-order valence-corrected chi connectivity index (χ4v) is 2.43. The molecule has 0 saturated carbocycles. The molecule has 0 N–H and O–H groups in total. The van der Waals surface area contributed by atoms with Crippen molar-refractivity contribution in [3.63, 3.8) is 0 Å². The Morgan fingerprint density at radius 1 is 1.25 bits per heavy atom. The van der Waals surface area contributed by atoms with Crippen LogP contribution in [0.5, 0.6) is 5.75 Å². The van der Waals surface area contributed by atoms with Gasteiger partial charge in [0.25, 0.3) is 0 Å². The Morgan fingerprint density at radius 3 is 2.80 bits per heavy atom. The van der Waals surface area contributed by atoms with Crippen LogP contribution in [-0.4, -0.2) is 23.1 Å². The van der Waals surface area contributed by atoms with Gasteiger partial charge in [-0.15, -0.1) is 11.8 Å². The van der Waals surface area contributed by atoms with Crippen molar-refractivity contribution in [2.45, 2.75) is 18.2 Å². The Morgan fingerprint density at radius 2 is 2.05 bits per heavy atom. The molecule has 4 heteroatoms. The van der Waals surface area contributed by atoms with Crippen molar-refractivity contribution in [2.24, 2.45) is 0 Å². The Bertz CT molecular complexity index is 557. The summed E-state index contributed by atoms with van der Waals surface area (Å²) in [5, 5.41) is 0. The van der Waals surface area contributed by atoms with Gasteiger partial charge in [-0.2, -0.15) is 0 Å². The predicted molar refractivity (Wildman–Crippen MR) is 81.5 cm³/mol. The second-order valence-electron chi connectivity index (χ2n) is 4.28. The van der Waals surface area contributed by atoms with Gasteiger partial charge in [-0.1, -0.05) is 25.1 Å². The lowest BCUT2D eigenvalue weighted by Gasteiger charge is -2.06. The molecule has 2 rings (SSSR count). The van der Waals surface area contributed by atoms with Gasteiger partial charge in [-0.25, -0.2) is 0 Å². The van der Waals surface area contributed by atoms with Crippen LogP contribution in [0, 0.1) is 0 Å². The Hall–Kier alpha value is -1.81. The molecule has 0 spiro atoms. The molecular formula is C16H17NO2S. The minimum Gasteiger partial charge on any atom is -0.492 e. The number of ether oxygens (including phenoxy) is 1. The molecule has 0 aliphatic rings. The molecule has 1 aromatic heterocycles. The molecule has 0 aliphatic heterocycles. The van der Waals surface area contributed by atoms with Crippen molar-refractivity contribution in [1.82, 2.24) is 4.98 Å². The molecule has 0 amide bonds. The van der Waals surface area contributed by atoms with E-state index in [2.05, 4.69) is 4.98 Å². The number of rotatable bonds is 7. The first-order valence-corrected chi connectivity index (χ1v) is 7.57. The number of benzene rings is 1. The first kappa shape index (κ1) is 14.6. The number of Topliss-reactive ketones (excluding diaryl/α,β-unsaturated/α-hetero) is 1. The normalized spacial score (nSPS) is 10.2. The summed E-state index contributed by atoms with van der Waals surface area (Å²) >= 11 is 1.53. The van der Waals surface area contributed by atoms with E-state index in [1.807, 2.05) is 37.3 Å². The van der Waals surface area contributed by atoms with Gasteiger partial charge in [0.15, 0.2) is 5.78 Å². The van der Waals surface area contributed by atoms with Crippen molar-refractivity contribution in [1.29, 1.82) is 0 Å².